The topological polar surface area (TPSA) is 0 Å². The summed E-state index contributed by atoms with van der Waals surface area (Å²) in [5.74, 6) is 1.81. The Morgan fingerprint density at radius 3 is 2.32 bits per heavy atom. The van der Waals surface area contributed by atoms with Crippen molar-refractivity contribution >= 4 is 0 Å². The molecule has 25 heavy (non-hydrogen) atoms. The normalized spacial score (nSPS) is 24.6. The molecular weight excluding hydrogens is 300 g/mol. The maximum atomic E-state index is 2.58. The summed E-state index contributed by atoms with van der Waals surface area (Å²) in [6.07, 6.45) is 25.1. The quantitative estimate of drug-likeness (QED) is 0.217. The second kappa shape index (κ2) is 12.8. The molecule has 0 aromatic heterocycles. The Morgan fingerprint density at radius 2 is 1.76 bits per heavy atom. The van der Waals surface area contributed by atoms with Crippen LogP contribution in [0.1, 0.15) is 118 Å². The van der Waals surface area contributed by atoms with Crippen LogP contribution in [-0.4, -0.2) is 0 Å². The van der Waals surface area contributed by atoms with E-state index in [0.29, 0.717) is 5.41 Å². The minimum Gasteiger partial charge on any atom is -0.0888 e. The fourth-order valence-electron chi connectivity index (χ4n) is 5.06. The van der Waals surface area contributed by atoms with E-state index < -0.39 is 0 Å². The molecular formula is C25H46. The zero-order chi connectivity index (χ0) is 18.5. The van der Waals surface area contributed by atoms with E-state index in [2.05, 4.69) is 52.8 Å². The molecule has 1 rings (SSSR count). The fourth-order valence-corrected chi connectivity index (χ4v) is 5.06. The van der Waals surface area contributed by atoms with Crippen LogP contribution in [-0.2, 0) is 0 Å². The first-order valence-corrected chi connectivity index (χ1v) is 11.5. The Hall–Kier alpha value is -0.520. The van der Waals surface area contributed by atoms with E-state index in [1.165, 1.54) is 83.5 Å². The Kier molecular flexibility index (Phi) is 11.5. The van der Waals surface area contributed by atoms with Crippen LogP contribution in [0.2, 0.25) is 0 Å². The summed E-state index contributed by atoms with van der Waals surface area (Å²) in [5.41, 5.74) is 2.33. The average molecular weight is 347 g/mol. The lowest BCUT2D eigenvalue weighted by Gasteiger charge is -2.51. The smallest absolute Gasteiger partial charge is 0.00564 e. The van der Waals surface area contributed by atoms with Crippen LogP contribution in [0.15, 0.2) is 23.8 Å². The van der Waals surface area contributed by atoms with Gasteiger partial charge in [0.15, 0.2) is 0 Å². The lowest BCUT2D eigenvalue weighted by atomic mass is 9.54. The molecule has 0 aromatic carbocycles. The van der Waals surface area contributed by atoms with Gasteiger partial charge in [-0.2, -0.15) is 0 Å². The maximum absolute atomic E-state index is 2.58. The Bertz CT molecular complexity index is 389. The Balaban J connectivity index is 2.74. The van der Waals surface area contributed by atoms with Crippen molar-refractivity contribution in [2.75, 3.05) is 0 Å². The highest BCUT2D eigenvalue weighted by molar-refractivity contribution is 5.25. The van der Waals surface area contributed by atoms with Crippen molar-refractivity contribution in [3.05, 3.63) is 23.8 Å². The molecule has 0 saturated heterocycles. The minimum atomic E-state index is 0.533. The molecule has 0 bridgehead atoms. The highest BCUT2D eigenvalue weighted by Crippen LogP contribution is 2.56. The second-order valence-corrected chi connectivity index (χ2v) is 8.50. The van der Waals surface area contributed by atoms with E-state index in [1.807, 2.05) is 0 Å². The molecule has 0 aromatic rings. The molecule has 1 aliphatic carbocycles. The molecule has 1 saturated carbocycles. The van der Waals surface area contributed by atoms with Crippen LogP contribution in [0, 0.1) is 17.3 Å². The van der Waals surface area contributed by atoms with E-state index in [-0.39, 0.29) is 0 Å². The van der Waals surface area contributed by atoms with Crippen molar-refractivity contribution in [3.8, 4) is 0 Å². The number of rotatable bonds is 14. The first kappa shape index (κ1) is 22.5. The minimum absolute atomic E-state index is 0.533. The van der Waals surface area contributed by atoms with Gasteiger partial charge in [0.05, 0.1) is 0 Å². The van der Waals surface area contributed by atoms with Gasteiger partial charge >= 0.3 is 0 Å². The molecule has 0 amide bonds. The first-order valence-electron chi connectivity index (χ1n) is 11.5. The van der Waals surface area contributed by atoms with Gasteiger partial charge in [0, 0.05) is 0 Å². The predicted molar refractivity (Wildman–Crippen MR) is 115 cm³/mol. The third-order valence-corrected chi connectivity index (χ3v) is 6.63. The summed E-state index contributed by atoms with van der Waals surface area (Å²) in [5, 5.41) is 0. The molecule has 1 aliphatic rings. The van der Waals surface area contributed by atoms with E-state index in [4.69, 9.17) is 0 Å². The molecule has 0 spiro atoms. The first-order chi connectivity index (χ1) is 12.1. The van der Waals surface area contributed by atoms with Crippen molar-refractivity contribution in [2.24, 2.45) is 17.3 Å². The van der Waals surface area contributed by atoms with Crippen molar-refractivity contribution < 1.29 is 0 Å². The molecule has 0 heterocycles. The number of hydrogen-bond donors (Lipinski definition) is 0. The molecule has 1 fully saturated rings. The van der Waals surface area contributed by atoms with Gasteiger partial charge in [-0.05, 0) is 62.2 Å². The highest BCUT2D eigenvalue weighted by Gasteiger charge is 2.45. The monoisotopic (exact) mass is 346 g/mol. The summed E-state index contributed by atoms with van der Waals surface area (Å²) in [7, 11) is 0. The van der Waals surface area contributed by atoms with Crippen LogP contribution < -0.4 is 0 Å². The largest absolute Gasteiger partial charge is 0.0888 e. The van der Waals surface area contributed by atoms with Gasteiger partial charge in [0.25, 0.3) is 0 Å². The van der Waals surface area contributed by atoms with E-state index in [1.54, 1.807) is 5.57 Å². The third kappa shape index (κ3) is 6.95. The average Bonchev–Trinajstić information content (AvgIpc) is 2.59. The molecule has 3 atom stereocenters. The van der Waals surface area contributed by atoms with Crippen molar-refractivity contribution in [2.45, 2.75) is 118 Å². The maximum Gasteiger partial charge on any atom is -0.00564 e. The highest BCUT2D eigenvalue weighted by atomic mass is 14.5. The standard InChI is InChI=1S/C25H46/c1-6-10-12-14-19-25(20-18-24(25)16-9-4)22(5)21-23(15-8-3)17-13-11-7-2/h10,12,16,22-23H,6-9,11,13-15,17-21H2,1-5H3. The van der Waals surface area contributed by atoms with Gasteiger partial charge in [0.2, 0.25) is 0 Å². The van der Waals surface area contributed by atoms with Gasteiger partial charge in [-0.25, -0.2) is 0 Å². The van der Waals surface area contributed by atoms with E-state index in [0.717, 1.165) is 11.8 Å². The third-order valence-electron chi connectivity index (χ3n) is 6.63. The molecule has 0 radical (unpaired) electrons. The Labute approximate surface area is 159 Å². The molecule has 0 N–H and O–H groups in total. The summed E-state index contributed by atoms with van der Waals surface area (Å²) in [4.78, 5) is 0. The molecule has 0 nitrogen and oxygen atoms in total. The molecule has 0 heteroatoms. The van der Waals surface area contributed by atoms with Crippen molar-refractivity contribution in [3.63, 3.8) is 0 Å². The number of hydrogen-bond acceptors (Lipinski definition) is 0. The van der Waals surface area contributed by atoms with Crippen LogP contribution in [0.5, 0.6) is 0 Å². The second-order valence-electron chi connectivity index (χ2n) is 8.50. The molecule has 146 valence electrons. The van der Waals surface area contributed by atoms with E-state index >= 15 is 0 Å². The lowest BCUT2D eigenvalue weighted by molar-refractivity contribution is 0.103. The van der Waals surface area contributed by atoms with Crippen LogP contribution in [0.25, 0.3) is 0 Å². The van der Waals surface area contributed by atoms with Gasteiger partial charge in [-0.15, -0.1) is 0 Å². The van der Waals surface area contributed by atoms with Gasteiger partial charge in [0.1, 0.15) is 0 Å². The lowest BCUT2D eigenvalue weighted by Crippen LogP contribution is -2.39. The predicted octanol–water partition coefficient (Wildman–Crippen LogP) is 8.87. The summed E-state index contributed by atoms with van der Waals surface area (Å²) < 4.78 is 0. The van der Waals surface area contributed by atoms with Crippen LogP contribution in [0.3, 0.4) is 0 Å². The zero-order valence-corrected chi connectivity index (χ0v) is 18.1. The van der Waals surface area contributed by atoms with Crippen LogP contribution >= 0.6 is 0 Å². The summed E-state index contributed by atoms with van der Waals surface area (Å²) >= 11 is 0. The molecule has 3 unspecified atom stereocenters. The number of allylic oxidation sites excluding steroid dienone is 4. The molecule has 0 aliphatic heterocycles. The van der Waals surface area contributed by atoms with Crippen LogP contribution in [0.4, 0.5) is 0 Å². The zero-order valence-electron chi connectivity index (χ0n) is 18.1. The van der Waals surface area contributed by atoms with Crippen molar-refractivity contribution in [1.29, 1.82) is 0 Å². The van der Waals surface area contributed by atoms with Gasteiger partial charge in [-0.1, -0.05) is 96.9 Å². The summed E-state index contributed by atoms with van der Waals surface area (Å²) in [6, 6.07) is 0. The Morgan fingerprint density at radius 1 is 0.960 bits per heavy atom. The van der Waals surface area contributed by atoms with Gasteiger partial charge < -0.3 is 0 Å². The SMILES string of the molecule is CCC=CCCC1(C(C)CC(CCC)CCCCC)CCC1=CCC. The van der Waals surface area contributed by atoms with Crippen molar-refractivity contribution in [1.82, 2.24) is 0 Å². The van der Waals surface area contributed by atoms with Gasteiger partial charge in [-0.3, -0.25) is 0 Å². The summed E-state index contributed by atoms with van der Waals surface area (Å²) in [6.45, 7) is 11.8. The number of unbranched alkanes of at least 4 members (excludes halogenated alkanes) is 2. The fraction of sp³-hybridized carbons (Fsp3) is 0.840. The van der Waals surface area contributed by atoms with E-state index in [9.17, 15) is 0 Å².